The molecule has 0 spiro atoms. The van der Waals surface area contributed by atoms with Crippen LogP contribution >= 0.6 is 79.6 Å². The first-order valence-electron chi connectivity index (χ1n) is 6.16. The Balaban J connectivity index is 2.36. The van der Waals surface area contributed by atoms with Crippen LogP contribution in [0.25, 0.3) is 0 Å². The lowest BCUT2D eigenvalue weighted by molar-refractivity contribution is 0.102. The molecule has 22 heavy (non-hydrogen) atoms. The fraction of sp³-hybridized carbons (Fsp3) is 0.133. The summed E-state index contributed by atoms with van der Waals surface area (Å²) in [5, 5.41) is 2.93. The summed E-state index contributed by atoms with van der Waals surface area (Å²) in [4.78, 5) is 12.3. The van der Waals surface area contributed by atoms with Gasteiger partial charge in [0.25, 0.3) is 5.91 Å². The Morgan fingerprint density at radius 2 is 1.45 bits per heavy atom. The topological polar surface area (TPSA) is 29.1 Å². The van der Waals surface area contributed by atoms with E-state index in [0.717, 1.165) is 21.3 Å². The van der Waals surface area contributed by atoms with Crippen molar-refractivity contribution in [2.45, 2.75) is 7.47 Å². The van der Waals surface area contributed by atoms with Crippen molar-refractivity contribution < 1.29 is 4.79 Å². The van der Waals surface area contributed by atoms with Crippen molar-refractivity contribution >= 4 is 91.2 Å². The van der Waals surface area contributed by atoms with Gasteiger partial charge >= 0.3 is 0 Å². The average molecular weight is 620 g/mol. The number of rotatable bonds is 4. The van der Waals surface area contributed by atoms with Gasteiger partial charge in [-0.25, -0.2) is 0 Å². The number of anilines is 1. The lowest BCUT2D eigenvalue weighted by Crippen LogP contribution is -2.12. The van der Waals surface area contributed by atoms with E-state index < -0.39 is 0 Å². The van der Waals surface area contributed by atoms with Crippen LogP contribution in [0.5, 0.6) is 0 Å². The van der Waals surface area contributed by atoms with E-state index in [1.807, 2.05) is 30.3 Å². The van der Waals surface area contributed by atoms with Gasteiger partial charge in [-0.05, 0) is 51.3 Å². The lowest BCUT2D eigenvalue weighted by atomic mass is 10.1. The zero-order chi connectivity index (χ0) is 16.3. The van der Waals surface area contributed by atoms with Crippen LogP contribution in [-0.2, 0) is 0 Å². The highest BCUT2D eigenvalue weighted by Crippen LogP contribution is 2.43. The van der Waals surface area contributed by atoms with Crippen LogP contribution in [0.1, 0.15) is 29.0 Å². The third-order valence-corrected chi connectivity index (χ3v) is 5.56. The summed E-state index contributed by atoms with van der Waals surface area (Å²) in [5.74, 6) is -0.144. The highest BCUT2D eigenvalue weighted by molar-refractivity contribution is 9.24. The molecule has 0 unspecified atom stereocenters. The maximum Gasteiger partial charge on any atom is 0.255 e. The fourth-order valence-corrected chi connectivity index (χ4v) is 3.91. The molecular formula is C15H10Br5NO. The maximum absolute atomic E-state index is 12.3. The van der Waals surface area contributed by atoms with E-state index in [-0.39, 0.29) is 13.4 Å². The van der Waals surface area contributed by atoms with Crippen LogP contribution in [0.15, 0.2) is 46.9 Å². The normalized spacial score (nSPS) is 11.0. The molecule has 0 heterocycles. The van der Waals surface area contributed by atoms with Crippen LogP contribution in [0.2, 0.25) is 0 Å². The Morgan fingerprint density at radius 3 is 2.00 bits per heavy atom. The number of carbonyl (C=O) groups is 1. The number of amides is 1. The Kier molecular flexibility index (Phi) is 7.14. The molecule has 1 amide bonds. The first-order valence-corrected chi connectivity index (χ1v) is 10.6. The van der Waals surface area contributed by atoms with Crippen molar-refractivity contribution in [2.75, 3.05) is 5.32 Å². The molecule has 2 aromatic carbocycles. The van der Waals surface area contributed by atoms with Gasteiger partial charge in [0.1, 0.15) is 0 Å². The molecule has 1 N–H and O–H groups in total. The summed E-state index contributed by atoms with van der Waals surface area (Å²) in [5.41, 5.74) is 3.42. The fourth-order valence-electron chi connectivity index (χ4n) is 1.86. The van der Waals surface area contributed by atoms with Gasteiger partial charge in [0.05, 0.1) is 13.2 Å². The molecule has 0 saturated heterocycles. The number of hydrogen-bond donors (Lipinski definition) is 1. The molecule has 2 nitrogen and oxygen atoms in total. The monoisotopic (exact) mass is 615 g/mol. The number of carbonyl (C=O) groups excluding carboxylic acids is 1. The van der Waals surface area contributed by atoms with Gasteiger partial charge in [0.2, 0.25) is 0 Å². The Morgan fingerprint density at radius 1 is 0.909 bits per heavy atom. The predicted octanol–water partition coefficient (Wildman–Crippen LogP) is 7.28. The highest BCUT2D eigenvalue weighted by Gasteiger charge is 2.18. The smallest absolute Gasteiger partial charge is 0.255 e. The average Bonchev–Trinajstić information content (AvgIpc) is 2.49. The van der Waals surface area contributed by atoms with E-state index in [9.17, 15) is 4.79 Å². The number of alkyl halides is 4. The second-order valence-electron chi connectivity index (χ2n) is 4.38. The molecule has 0 bridgehead atoms. The van der Waals surface area contributed by atoms with E-state index in [1.54, 1.807) is 12.1 Å². The summed E-state index contributed by atoms with van der Waals surface area (Å²) in [6, 6.07) is 13.0. The molecule has 0 fully saturated rings. The van der Waals surface area contributed by atoms with Crippen molar-refractivity contribution in [3.05, 3.63) is 63.6 Å². The second kappa shape index (κ2) is 8.42. The van der Waals surface area contributed by atoms with Crippen molar-refractivity contribution in [3.8, 4) is 0 Å². The van der Waals surface area contributed by atoms with E-state index in [4.69, 9.17) is 0 Å². The van der Waals surface area contributed by atoms with Gasteiger partial charge in [0.15, 0.2) is 0 Å². The minimum Gasteiger partial charge on any atom is -0.321 e. The number of benzene rings is 2. The second-order valence-corrected chi connectivity index (χ2v) is 11.4. The summed E-state index contributed by atoms with van der Waals surface area (Å²) >= 11 is 17.6. The molecule has 0 atom stereocenters. The quantitative estimate of drug-likeness (QED) is 0.358. The predicted molar refractivity (Wildman–Crippen MR) is 110 cm³/mol. The zero-order valence-electron chi connectivity index (χ0n) is 11.0. The van der Waals surface area contributed by atoms with E-state index in [2.05, 4.69) is 85.0 Å². The standard InChI is InChI=1S/C15H10Br5NO/c16-11-6-9(13(17)18)10(14(19)20)7-12(11)21-15(22)8-4-2-1-3-5-8/h1-7,13-14H,(H,21,22). The van der Waals surface area contributed by atoms with Crippen molar-refractivity contribution in [1.29, 1.82) is 0 Å². The molecule has 0 aliphatic rings. The number of nitrogens with one attached hydrogen (secondary N) is 1. The molecule has 0 saturated carbocycles. The molecule has 2 aromatic rings. The van der Waals surface area contributed by atoms with E-state index >= 15 is 0 Å². The molecule has 116 valence electrons. The molecule has 0 aliphatic heterocycles. The highest BCUT2D eigenvalue weighted by atomic mass is 79.9. The van der Waals surface area contributed by atoms with Crippen LogP contribution in [-0.4, -0.2) is 5.91 Å². The van der Waals surface area contributed by atoms with Crippen LogP contribution in [0.3, 0.4) is 0 Å². The molecule has 0 radical (unpaired) electrons. The summed E-state index contributed by atoms with van der Waals surface area (Å²) in [7, 11) is 0. The largest absolute Gasteiger partial charge is 0.321 e. The first kappa shape index (κ1) is 18.6. The molecule has 0 aliphatic carbocycles. The Labute approximate surface area is 171 Å². The van der Waals surface area contributed by atoms with Crippen molar-refractivity contribution in [3.63, 3.8) is 0 Å². The van der Waals surface area contributed by atoms with Crippen LogP contribution in [0, 0.1) is 0 Å². The third-order valence-electron chi connectivity index (χ3n) is 2.93. The van der Waals surface area contributed by atoms with Crippen molar-refractivity contribution in [1.82, 2.24) is 0 Å². The summed E-state index contributed by atoms with van der Waals surface area (Å²) in [6.07, 6.45) is 0. The summed E-state index contributed by atoms with van der Waals surface area (Å²) in [6.45, 7) is 0. The third kappa shape index (κ3) is 4.66. The summed E-state index contributed by atoms with van der Waals surface area (Å²) < 4.78 is 0.816. The lowest BCUT2D eigenvalue weighted by Gasteiger charge is -2.16. The van der Waals surface area contributed by atoms with Gasteiger partial charge in [-0.1, -0.05) is 81.9 Å². The van der Waals surface area contributed by atoms with Crippen LogP contribution < -0.4 is 5.32 Å². The van der Waals surface area contributed by atoms with Gasteiger partial charge in [-0.2, -0.15) is 0 Å². The molecule has 0 aromatic heterocycles. The first-order chi connectivity index (χ1) is 10.4. The number of halogens is 5. The van der Waals surface area contributed by atoms with Crippen LogP contribution in [0.4, 0.5) is 5.69 Å². The zero-order valence-corrected chi connectivity index (χ0v) is 18.9. The van der Waals surface area contributed by atoms with Gasteiger partial charge < -0.3 is 5.32 Å². The van der Waals surface area contributed by atoms with E-state index in [1.165, 1.54) is 0 Å². The minimum atomic E-state index is -0.144. The SMILES string of the molecule is O=C(Nc1cc(C(Br)Br)c(C(Br)Br)cc1Br)c1ccccc1. The maximum atomic E-state index is 12.3. The molecule has 2 rings (SSSR count). The van der Waals surface area contributed by atoms with Gasteiger partial charge in [-0.15, -0.1) is 0 Å². The van der Waals surface area contributed by atoms with Gasteiger partial charge in [-0.3, -0.25) is 4.79 Å². The Hall–Kier alpha value is 0.310. The Bertz CT molecular complexity index is 673. The molecule has 7 heteroatoms. The molecular weight excluding hydrogens is 610 g/mol. The minimum absolute atomic E-state index is 0.0165. The van der Waals surface area contributed by atoms with E-state index in [0.29, 0.717) is 5.56 Å². The number of hydrogen-bond acceptors (Lipinski definition) is 1. The van der Waals surface area contributed by atoms with Gasteiger partial charge in [0, 0.05) is 10.0 Å². The van der Waals surface area contributed by atoms with Crippen molar-refractivity contribution in [2.24, 2.45) is 0 Å².